The smallest absolute Gasteiger partial charge is 0.328 e. The molecule has 0 bridgehead atoms. The summed E-state index contributed by atoms with van der Waals surface area (Å²) < 4.78 is 5.84. The summed E-state index contributed by atoms with van der Waals surface area (Å²) in [6.45, 7) is 8.03. The summed E-state index contributed by atoms with van der Waals surface area (Å²) in [6.07, 6.45) is 2.23. The number of carboxylic acid groups (broad SMARTS) is 2. The number of ether oxygens (including phenoxy) is 1. The first-order chi connectivity index (χ1) is 13.2. The molecule has 1 aliphatic heterocycles. The first kappa shape index (κ1) is 24.4. The summed E-state index contributed by atoms with van der Waals surface area (Å²) in [5.74, 6) is -0.937. The highest BCUT2D eigenvalue weighted by atomic mass is 35.5. The number of carbonyl (C=O) groups is 2. The van der Waals surface area contributed by atoms with Crippen molar-refractivity contribution in [3.05, 3.63) is 46.0 Å². The SMILES string of the molecule is CC(C)COC[C@@H]1CNCC[C@@H]1c1ccc(Cl)c(Cl)c1.O=C(O)/C=C/C(=O)O. The number of hydrogen-bond acceptors (Lipinski definition) is 4. The number of aliphatic carboxylic acids is 2. The summed E-state index contributed by atoms with van der Waals surface area (Å²) >= 11 is 12.2. The molecule has 6 nitrogen and oxygen atoms in total. The third-order valence-electron chi connectivity index (χ3n) is 4.13. The molecule has 2 atom stereocenters. The van der Waals surface area contributed by atoms with Gasteiger partial charge >= 0.3 is 11.9 Å². The van der Waals surface area contributed by atoms with Gasteiger partial charge in [0.15, 0.2) is 0 Å². The molecule has 0 aromatic heterocycles. The van der Waals surface area contributed by atoms with E-state index in [1.807, 2.05) is 12.1 Å². The van der Waals surface area contributed by atoms with Gasteiger partial charge in [-0.05, 0) is 42.5 Å². The third kappa shape index (κ3) is 9.55. The summed E-state index contributed by atoms with van der Waals surface area (Å²) in [4.78, 5) is 19.1. The highest BCUT2D eigenvalue weighted by Gasteiger charge is 2.27. The van der Waals surface area contributed by atoms with Crippen LogP contribution in [0.1, 0.15) is 31.7 Å². The molecule has 0 saturated carbocycles. The average Bonchev–Trinajstić information content (AvgIpc) is 2.63. The Labute approximate surface area is 175 Å². The van der Waals surface area contributed by atoms with Crippen molar-refractivity contribution in [3.8, 4) is 0 Å². The van der Waals surface area contributed by atoms with Crippen molar-refractivity contribution in [1.29, 1.82) is 0 Å². The molecule has 0 aliphatic carbocycles. The van der Waals surface area contributed by atoms with Gasteiger partial charge in [-0.25, -0.2) is 9.59 Å². The second-order valence-corrected chi connectivity index (χ2v) is 7.79. The first-order valence-electron chi connectivity index (χ1n) is 9.08. The van der Waals surface area contributed by atoms with E-state index in [0.29, 0.717) is 40.0 Å². The van der Waals surface area contributed by atoms with Crippen molar-refractivity contribution in [2.75, 3.05) is 26.3 Å². The Bertz CT molecular complexity index is 663. The Morgan fingerprint density at radius 1 is 1.21 bits per heavy atom. The Morgan fingerprint density at radius 3 is 2.39 bits per heavy atom. The molecule has 1 saturated heterocycles. The minimum Gasteiger partial charge on any atom is -0.478 e. The Morgan fingerprint density at radius 2 is 1.86 bits per heavy atom. The summed E-state index contributed by atoms with van der Waals surface area (Å²) in [5.41, 5.74) is 1.28. The van der Waals surface area contributed by atoms with Crippen molar-refractivity contribution < 1.29 is 24.5 Å². The van der Waals surface area contributed by atoms with Crippen LogP contribution in [0.3, 0.4) is 0 Å². The van der Waals surface area contributed by atoms with E-state index in [1.54, 1.807) is 0 Å². The molecule has 0 radical (unpaired) electrons. The van der Waals surface area contributed by atoms with Gasteiger partial charge in [0.2, 0.25) is 0 Å². The fourth-order valence-electron chi connectivity index (χ4n) is 2.88. The van der Waals surface area contributed by atoms with Crippen LogP contribution in [0.2, 0.25) is 10.0 Å². The lowest BCUT2D eigenvalue weighted by Gasteiger charge is -2.32. The van der Waals surface area contributed by atoms with Gasteiger partial charge in [-0.3, -0.25) is 0 Å². The van der Waals surface area contributed by atoms with Crippen LogP contribution in [0, 0.1) is 11.8 Å². The molecule has 1 fully saturated rings. The zero-order valence-corrected chi connectivity index (χ0v) is 17.5. The standard InChI is InChI=1S/C16H23Cl2NO.C4H4O4/c1-11(2)9-20-10-13-8-19-6-5-14(13)12-3-4-15(17)16(18)7-12;5-3(6)1-2-4(7)8/h3-4,7,11,13-14,19H,5-6,8-10H2,1-2H3;1-2H,(H,5,6)(H,7,8)/b;2-1+/t13-,14+;/m0./s1. The van der Waals surface area contributed by atoms with Gasteiger partial charge in [0.05, 0.1) is 16.7 Å². The maximum atomic E-state index is 9.55. The van der Waals surface area contributed by atoms with E-state index < -0.39 is 11.9 Å². The van der Waals surface area contributed by atoms with Crippen LogP contribution in [-0.2, 0) is 14.3 Å². The lowest BCUT2D eigenvalue weighted by atomic mass is 9.81. The second-order valence-electron chi connectivity index (χ2n) is 6.97. The molecular formula is C20H27Cl2NO5. The summed E-state index contributed by atoms with van der Waals surface area (Å²) in [7, 11) is 0. The van der Waals surface area contributed by atoms with E-state index in [0.717, 1.165) is 32.7 Å². The number of benzene rings is 1. The predicted molar refractivity (Wildman–Crippen MR) is 110 cm³/mol. The average molecular weight is 432 g/mol. The minimum absolute atomic E-state index is 0.498. The Kier molecular flexibility index (Phi) is 11.2. The molecule has 28 heavy (non-hydrogen) atoms. The zero-order valence-electron chi connectivity index (χ0n) is 16.0. The number of piperidine rings is 1. The van der Waals surface area contributed by atoms with Crippen LogP contribution in [-0.4, -0.2) is 48.5 Å². The maximum Gasteiger partial charge on any atom is 0.328 e. The molecule has 1 aromatic rings. The van der Waals surface area contributed by atoms with Crippen molar-refractivity contribution in [1.82, 2.24) is 5.32 Å². The number of rotatable bonds is 7. The molecular weight excluding hydrogens is 405 g/mol. The molecule has 0 spiro atoms. The van der Waals surface area contributed by atoms with Crippen LogP contribution in [0.15, 0.2) is 30.4 Å². The molecule has 3 N–H and O–H groups in total. The molecule has 156 valence electrons. The van der Waals surface area contributed by atoms with Gasteiger partial charge in [-0.15, -0.1) is 0 Å². The fourth-order valence-corrected chi connectivity index (χ4v) is 3.18. The van der Waals surface area contributed by atoms with Crippen LogP contribution >= 0.6 is 23.2 Å². The molecule has 8 heteroatoms. The molecule has 1 heterocycles. The van der Waals surface area contributed by atoms with Crippen molar-refractivity contribution in [2.45, 2.75) is 26.2 Å². The highest BCUT2D eigenvalue weighted by molar-refractivity contribution is 6.42. The second kappa shape index (κ2) is 12.8. The van der Waals surface area contributed by atoms with E-state index in [9.17, 15) is 9.59 Å². The number of nitrogens with one attached hydrogen (secondary N) is 1. The van der Waals surface area contributed by atoms with Crippen molar-refractivity contribution in [3.63, 3.8) is 0 Å². The third-order valence-corrected chi connectivity index (χ3v) is 4.87. The van der Waals surface area contributed by atoms with E-state index in [-0.39, 0.29) is 0 Å². The van der Waals surface area contributed by atoms with Crippen LogP contribution in [0.4, 0.5) is 0 Å². The van der Waals surface area contributed by atoms with Crippen LogP contribution < -0.4 is 5.32 Å². The Balaban J connectivity index is 0.000000416. The number of hydrogen-bond donors (Lipinski definition) is 3. The normalized spacial score (nSPS) is 19.3. The quantitative estimate of drug-likeness (QED) is 0.563. The van der Waals surface area contributed by atoms with Crippen LogP contribution in [0.5, 0.6) is 0 Å². The van der Waals surface area contributed by atoms with Gasteiger partial charge in [0, 0.05) is 31.2 Å². The molecule has 1 aliphatic rings. The molecule has 1 aromatic carbocycles. The van der Waals surface area contributed by atoms with E-state index in [1.165, 1.54) is 5.56 Å². The maximum absolute atomic E-state index is 9.55. The van der Waals surface area contributed by atoms with E-state index in [4.69, 9.17) is 38.2 Å². The lowest BCUT2D eigenvalue weighted by Crippen LogP contribution is -2.38. The predicted octanol–water partition coefficient (Wildman–Crippen LogP) is 4.07. The van der Waals surface area contributed by atoms with Gasteiger partial charge in [0.25, 0.3) is 0 Å². The zero-order chi connectivity index (χ0) is 21.1. The molecule has 2 rings (SSSR count). The summed E-state index contributed by atoms with van der Waals surface area (Å²) in [6, 6.07) is 6.00. The van der Waals surface area contributed by atoms with Crippen molar-refractivity contribution in [2.24, 2.45) is 11.8 Å². The number of halogens is 2. The van der Waals surface area contributed by atoms with Gasteiger partial charge in [0.1, 0.15) is 0 Å². The van der Waals surface area contributed by atoms with Gasteiger partial charge in [-0.1, -0.05) is 43.1 Å². The Hall–Kier alpha value is -1.60. The van der Waals surface area contributed by atoms with Gasteiger partial charge in [-0.2, -0.15) is 0 Å². The van der Waals surface area contributed by atoms with E-state index in [2.05, 4.69) is 25.2 Å². The molecule has 0 unspecified atom stereocenters. The fraction of sp³-hybridized carbons (Fsp3) is 0.500. The summed E-state index contributed by atoms with van der Waals surface area (Å²) in [5, 5.41) is 20.3. The topological polar surface area (TPSA) is 95.9 Å². The highest BCUT2D eigenvalue weighted by Crippen LogP contribution is 2.34. The lowest BCUT2D eigenvalue weighted by molar-refractivity contribution is -0.134. The first-order valence-corrected chi connectivity index (χ1v) is 9.83. The monoisotopic (exact) mass is 431 g/mol. The van der Waals surface area contributed by atoms with Crippen molar-refractivity contribution >= 4 is 35.1 Å². The van der Waals surface area contributed by atoms with Crippen LogP contribution in [0.25, 0.3) is 0 Å². The number of carboxylic acids is 2. The largest absolute Gasteiger partial charge is 0.478 e. The van der Waals surface area contributed by atoms with Gasteiger partial charge < -0.3 is 20.3 Å². The molecule has 0 amide bonds. The van der Waals surface area contributed by atoms with E-state index >= 15 is 0 Å². The minimum atomic E-state index is -1.26.